The number of benzene rings is 1. The number of pyridine rings is 1. The summed E-state index contributed by atoms with van der Waals surface area (Å²) in [6.45, 7) is 3.69. The van der Waals surface area contributed by atoms with Gasteiger partial charge in [0.1, 0.15) is 0 Å². The van der Waals surface area contributed by atoms with Crippen molar-refractivity contribution in [1.82, 2.24) is 20.9 Å². The fourth-order valence-electron chi connectivity index (χ4n) is 2.17. The summed E-state index contributed by atoms with van der Waals surface area (Å²) in [6.07, 6.45) is 1.76. The molecule has 2 rings (SSSR count). The molecule has 2 aromatic rings. The molecule has 0 atom stereocenters. The summed E-state index contributed by atoms with van der Waals surface area (Å²) in [4.78, 5) is 20.3. The first-order chi connectivity index (χ1) is 11.7. The lowest BCUT2D eigenvalue weighted by atomic mass is 10.1. The van der Waals surface area contributed by atoms with Crippen molar-refractivity contribution >= 4 is 35.8 Å². The molecule has 3 N–H and O–H groups in total. The summed E-state index contributed by atoms with van der Waals surface area (Å²) in [5.41, 5.74) is 2.62. The van der Waals surface area contributed by atoms with Gasteiger partial charge in [-0.1, -0.05) is 18.2 Å². The minimum Gasteiger partial charge on any atom is -0.352 e. The van der Waals surface area contributed by atoms with E-state index in [9.17, 15) is 4.79 Å². The van der Waals surface area contributed by atoms with Gasteiger partial charge in [0.05, 0.1) is 12.2 Å². The molecule has 0 spiro atoms. The number of aromatic nitrogens is 1. The lowest BCUT2D eigenvalue weighted by molar-refractivity contribution is 0.0955. The Balaban J connectivity index is 0.00000312. The van der Waals surface area contributed by atoms with Crippen LogP contribution < -0.4 is 16.0 Å². The van der Waals surface area contributed by atoms with Gasteiger partial charge in [-0.3, -0.25) is 14.8 Å². The second-order valence-electron chi connectivity index (χ2n) is 5.16. The van der Waals surface area contributed by atoms with Crippen molar-refractivity contribution in [3.63, 3.8) is 0 Å². The standard InChI is InChI=1S/C18H23N5O.HI/c1-3-20-17(24)15-8-6-7-14(11-15)12-22-18(19-2)23-13-16-9-4-5-10-21-16;/h4-11H,3,12-13H2,1-2H3,(H,20,24)(H2,19,22,23);1H. The molecule has 0 aliphatic heterocycles. The van der Waals surface area contributed by atoms with Crippen molar-refractivity contribution in [1.29, 1.82) is 0 Å². The first-order valence-corrected chi connectivity index (χ1v) is 7.94. The lowest BCUT2D eigenvalue weighted by Crippen LogP contribution is -2.36. The van der Waals surface area contributed by atoms with E-state index in [0.29, 0.717) is 31.2 Å². The molecular weight excluding hydrogens is 429 g/mol. The summed E-state index contributed by atoms with van der Waals surface area (Å²) >= 11 is 0. The van der Waals surface area contributed by atoms with Gasteiger partial charge in [0.2, 0.25) is 0 Å². The number of nitrogens with one attached hydrogen (secondary N) is 3. The molecule has 25 heavy (non-hydrogen) atoms. The molecule has 1 aromatic carbocycles. The SMILES string of the molecule is CCNC(=O)c1cccc(CNC(=NC)NCc2ccccn2)c1.I. The van der Waals surface area contributed by atoms with E-state index in [1.807, 2.05) is 49.4 Å². The zero-order valence-electron chi connectivity index (χ0n) is 14.5. The third-order valence-electron chi connectivity index (χ3n) is 3.37. The average Bonchev–Trinajstić information content (AvgIpc) is 2.63. The molecule has 134 valence electrons. The molecule has 6 nitrogen and oxygen atoms in total. The lowest BCUT2D eigenvalue weighted by Gasteiger charge is -2.12. The number of hydrogen-bond donors (Lipinski definition) is 3. The van der Waals surface area contributed by atoms with Crippen LogP contribution in [0.15, 0.2) is 53.7 Å². The van der Waals surface area contributed by atoms with Crippen LogP contribution >= 0.6 is 24.0 Å². The van der Waals surface area contributed by atoms with Crippen LogP contribution in [0.1, 0.15) is 28.5 Å². The smallest absolute Gasteiger partial charge is 0.251 e. The Morgan fingerprint density at radius 2 is 1.88 bits per heavy atom. The highest BCUT2D eigenvalue weighted by molar-refractivity contribution is 14.0. The maximum Gasteiger partial charge on any atom is 0.251 e. The van der Waals surface area contributed by atoms with Crippen LogP contribution in [-0.2, 0) is 13.1 Å². The average molecular weight is 453 g/mol. The molecule has 1 amide bonds. The summed E-state index contributed by atoms with van der Waals surface area (Å²) in [5.74, 6) is 0.626. The fourth-order valence-corrected chi connectivity index (χ4v) is 2.17. The summed E-state index contributed by atoms with van der Waals surface area (Å²) in [6, 6.07) is 13.3. The van der Waals surface area contributed by atoms with Gasteiger partial charge in [0.15, 0.2) is 5.96 Å². The highest BCUT2D eigenvalue weighted by Crippen LogP contribution is 2.05. The second kappa shape index (κ2) is 11.4. The van der Waals surface area contributed by atoms with Gasteiger partial charge in [-0.25, -0.2) is 0 Å². The number of amides is 1. The van der Waals surface area contributed by atoms with Crippen molar-refractivity contribution in [2.45, 2.75) is 20.0 Å². The first kappa shape index (κ1) is 20.9. The van der Waals surface area contributed by atoms with Crippen molar-refractivity contribution in [3.8, 4) is 0 Å². The van der Waals surface area contributed by atoms with E-state index in [-0.39, 0.29) is 29.9 Å². The Hall–Kier alpha value is -2.16. The molecule has 0 fully saturated rings. The Morgan fingerprint density at radius 3 is 2.56 bits per heavy atom. The molecule has 0 radical (unpaired) electrons. The maximum atomic E-state index is 11.9. The predicted octanol–water partition coefficient (Wildman–Crippen LogP) is 2.31. The van der Waals surface area contributed by atoms with Crippen molar-refractivity contribution in [2.24, 2.45) is 4.99 Å². The van der Waals surface area contributed by atoms with E-state index in [4.69, 9.17) is 0 Å². The number of hydrogen-bond acceptors (Lipinski definition) is 3. The zero-order valence-corrected chi connectivity index (χ0v) is 16.8. The van der Waals surface area contributed by atoms with Gasteiger partial charge in [-0.2, -0.15) is 0 Å². The van der Waals surface area contributed by atoms with Crippen molar-refractivity contribution < 1.29 is 4.79 Å². The molecule has 0 bridgehead atoms. The Bertz CT molecular complexity index is 691. The number of aliphatic imine (C=N–C) groups is 1. The van der Waals surface area contributed by atoms with Gasteiger partial charge >= 0.3 is 0 Å². The van der Waals surface area contributed by atoms with E-state index in [1.165, 1.54) is 0 Å². The fraction of sp³-hybridized carbons (Fsp3) is 0.278. The quantitative estimate of drug-likeness (QED) is 0.357. The molecule has 0 saturated carbocycles. The highest BCUT2D eigenvalue weighted by atomic mass is 127. The number of nitrogens with zero attached hydrogens (tertiary/aromatic N) is 2. The van der Waals surface area contributed by atoms with Gasteiger partial charge in [0, 0.05) is 31.9 Å². The third kappa shape index (κ3) is 7.08. The largest absolute Gasteiger partial charge is 0.352 e. The Morgan fingerprint density at radius 1 is 1.08 bits per heavy atom. The van der Waals surface area contributed by atoms with Gasteiger partial charge in [-0.15, -0.1) is 24.0 Å². The topological polar surface area (TPSA) is 78.4 Å². The number of halogens is 1. The van der Waals surface area contributed by atoms with E-state index in [2.05, 4.69) is 25.9 Å². The first-order valence-electron chi connectivity index (χ1n) is 7.94. The van der Waals surface area contributed by atoms with Gasteiger partial charge < -0.3 is 16.0 Å². The van der Waals surface area contributed by atoms with Gasteiger partial charge in [0.25, 0.3) is 5.91 Å². The summed E-state index contributed by atoms with van der Waals surface area (Å²) in [5, 5.41) is 9.25. The zero-order chi connectivity index (χ0) is 17.2. The Labute approximate surface area is 165 Å². The molecule has 1 heterocycles. The molecule has 0 aliphatic carbocycles. The van der Waals surface area contributed by atoms with Crippen LogP contribution in [0.25, 0.3) is 0 Å². The van der Waals surface area contributed by atoms with E-state index >= 15 is 0 Å². The minimum atomic E-state index is -0.0583. The molecule has 7 heteroatoms. The monoisotopic (exact) mass is 453 g/mol. The molecular formula is C18H24IN5O. The van der Waals surface area contributed by atoms with Gasteiger partial charge in [-0.05, 0) is 36.8 Å². The van der Waals surface area contributed by atoms with Crippen molar-refractivity contribution in [2.75, 3.05) is 13.6 Å². The summed E-state index contributed by atoms with van der Waals surface area (Å²) in [7, 11) is 1.72. The predicted molar refractivity (Wildman–Crippen MR) is 111 cm³/mol. The van der Waals surface area contributed by atoms with Crippen LogP contribution in [-0.4, -0.2) is 30.4 Å². The van der Waals surface area contributed by atoms with E-state index < -0.39 is 0 Å². The number of carbonyl (C=O) groups is 1. The van der Waals surface area contributed by atoms with Crippen molar-refractivity contribution in [3.05, 3.63) is 65.5 Å². The molecule has 1 aromatic heterocycles. The van der Waals surface area contributed by atoms with Crippen LogP contribution in [0, 0.1) is 0 Å². The minimum absolute atomic E-state index is 0. The molecule has 0 unspecified atom stereocenters. The normalized spacial score (nSPS) is 10.6. The third-order valence-corrected chi connectivity index (χ3v) is 3.37. The number of carbonyl (C=O) groups excluding carboxylic acids is 1. The van der Waals surface area contributed by atoms with Crippen LogP contribution in [0.2, 0.25) is 0 Å². The molecule has 0 saturated heterocycles. The van der Waals surface area contributed by atoms with E-state index in [1.54, 1.807) is 13.2 Å². The number of rotatable bonds is 6. The highest BCUT2D eigenvalue weighted by Gasteiger charge is 2.05. The second-order valence-corrected chi connectivity index (χ2v) is 5.16. The Kier molecular flexibility index (Phi) is 9.53. The summed E-state index contributed by atoms with van der Waals surface area (Å²) < 4.78 is 0. The van der Waals surface area contributed by atoms with Crippen LogP contribution in [0.5, 0.6) is 0 Å². The maximum absolute atomic E-state index is 11.9. The van der Waals surface area contributed by atoms with Crippen LogP contribution in [0.4, 0.5) is 0 Å². The number of guanidine groups is 1. The van der Waals surface area contributed by atoms with Crippen LogP contribution in [0.3, 0.4) is 0 Å². The van der Waals surface area contributed by atoms with E-state index in [0.717, 1.165) is 11.3 Å². The molecule has 0 aliphatic rings.